The van der Waals surface area contributed by atoms with E-state index in [9.17, 15) is 8.76 Å². The smallest absolute Gasteiger partial charge is 0.137 e. The van der Waals surface area contributed by atoms with Crippen molar-refractivity contribution in [2.75, 3.05) is 11.9 Å². The molecule has 6 heteroatoms. The van der Waals surface area contributed by atoms with Crippen molar-refractivity contribution in [1.82, 2.24) is 9.38 Å². The van der Waals surface area contributed by atoms with E-state index >= 15 is 0 Å². The lowest BCUT2D eigenvalue weighted by Crippen LogP contribution is -2.03. The average Bonchev–Trinajstić information content (AvgIpc) is 2.72. The average molecular weight is 252 g/mol. The lowest BCUT2D eigenvalue weighted by Gasteiger charge is -2.08. The Balaban J connectivity index is 2.28. The number of imidazole rings is 1. The summed E-state index contributed by atoms with van der Waals surface area (Å²) < 4.78 is 23.5. The molecular weight excluding hydrogens is 238 g/mol. The van der Waals surface area contributed by atoms with Gasteiger partial charge in [0.05, 0.1) is 11.9 Å². The molecule has 0 amide bonds. The van der Waals surface area contributed by atoms with Gasteiger partial charge in [-0.15, -0.1) is 0 Å². The number of rotatable bonds is 5. The molecule has 2 heterocycles. The summed E-state index contributed by atoms with van der Waals surface area (Å²) >= 11 is -2.27. The van der Waals surface area contributed by atoms with Gasteiger partial charge in [0.15, 0.2) is 0 Å². The van der Waals surface area contributed by atoms with Gasteiger partial charge in [-0.05, 0) is 29.6 Å². The maximum absolute atomic E-state index is 11.0. The van der Waals surface area contributed by atoms with E-state index in [1.54, 1.807) is 16.7 Å². The standard InChI is InChI=1S/C11H15N3O2S/c1-2-3-6-12-9-4-5-10-13-7-11(17(15)16)14(10)8-9/h4-5,7-8,12H,2-3,6H2,1H3,(H,15,16)/p-1. The fourth-order valence-electron chi connectivity index (χ4n) is 1.60. The van der Waals surface area contributed by atoms with Gasteiger partial charge in [-0.2, -0.15) is 0 Å². The Morgan fingerprint density at radius 1 is 1.53 bits per heavy atom. The van der Waals surface area contributed by atoms with Gasteiger partial charge in [-0.25, -0.2) is 4.98 Å². The number of hydrogen-bond donors (Lipinski definition) is 1. The molecule has 0 fully saturated rings. The summed E-state index contributed by atoms with van der Waals surface area (Å²) in [4.78, 5) is 4.02. The number of anilines is 1. The highest BCUT2D eigenvalue weighted by molar-refractivity contribution is 7.79. The van der Waals surface area contributed by atoms with E-state index in [0.29, 0.717) is 5.65 Å². The largest absolute Gasteiger partial charge is 0.767 e. The number of hydrogen-bond acceptors (Lipinski definition) is 4. The second-order valence-corrected chi connectivity index (χ2v) is 4.65. The highest BCUT2D eigenvalue weighted by Gasteiger charge is 2.03. The van der Waals surface area contributed by atoms with Gasteiger partial charge < -0.3 is 9.87 Å². The predicted octanol–water partition coefficient (Wildman–Crippen LogP) is 1.78. The third-order valence-corrected chi connectivity index (χ3v) is 3.15. The zero-order valence-electron chi connectivity index (χ0n) is 9.55. The van der Waals surface area contributed by atoms with Crippen molar-refractivity contribution in [2.24, 2.45) is 0 Å². The number of aromatic nitrogens is 2. The Morgan fingerprint density at radius 3 is 3.06 bits per heavy atom. The minimum atomic E-state index is -2.27. The second-order valence-electron chi connectivity index (χ2n) is 3.76. The summed E-state index contributed by atoms with van der Waals surface area (Å²) in [6.45, 7) is 3.01. The molecule has 1 atom stereocenters. The van der Waals surface area contributed by atoms with Crippen molar-refractivity contribution in [2.45, 2.75) is 24.8 Å². The molecule has 2 aromatic rings. The first-order valence-electron chi connectivity index (χ1n) is 5.52. The second kappa shape index (κ2) is 5.29. The molecule has 92 valence electrons. The number of pyridine rings is 1. The van der Waals surface area contributed by atoms with Crippen molar-refractivity contribution in [3.05, 3.63) is 24.5 Å². The van der Waals surface area contributed by atoms with E-state index < -0.39 is 11.1 Å². The monoisotopic (exact) mass is 252 g/mol. The Labute approximate surface area is 102 Å². The van der Waals surface area contributed by atoms with Gasteiger partial charge in [0.1, 0.15) is 10.7 Å². The van der Waals surface area contributed by atoms with Crippen LogP contribution in [0, 0.1) is 0 Å². The van der Waals surface area contributed by atoms with Gasteiger partial charge in [0, 0.05) is 12.7 Å². The molecule has 1 unspecified atom stereocenters. The van der Waals surface area contributed by atoms with Crippen molar-refractivity contribution < 1.29 is 8.76 Å². The van der Waals surface area contributed by atoms with Gasteiger partial charge in [-0.1, -0.05) is 13.3 Å². The van der Waals surface area contributed by atoms with Crippen LogP contribution in [0.4, 0.5) is 5.69 Å². The molecule has 0 bridgehead atoms. The van der Waals surface area contributed by atoms with Crippen LogP contribution in [0.3, 0.4) is 0 Å². The normalized spacial score (nSPS) is 12.8. The van der Waals surface area contributed by atoms with Crippen LogP contribution in [0.2, 0.25) is 0 Å². The number of unbranched alkanes of at least 4 members (excludes halogenated alkanes) is 1. The molecule has 0 aliphatic heterocycles. The molecular formula is C11H14N3O2S-. The van der Waals surface area contributed by atoms with Gasteiger partial charge in [-0.3, -0.25) is 8.61 Å². The quantitative estimate of drug-likeness (QED) is 0.650. The highest BCUT2D eigenvalue weighted by Crippen LogP contribution is 2.14. The van der Waals surface area contributed by atoms with Crippen LogP contribution in [0.5, 0.6) is 0 Å². The van der Waals surface area contributed by atoms with Gasteiger partial charge >= 0.3 is 0 Å². The summed E-state index contributed by atoms with van der Waals surface area (Å²) in [5, 5.41) is 3.42. The summed E-state index contributed by atoms with van der Waals surface area (Å²) in [7, 11) is 0. The molecule has 0 aliphatic rings. The van der Waals surface area contributed by atoms with Crippen LogP contribution < -0.4 is 5.32 Å². The van der Waals surface area contributed by atoms with E-state index in [0.717, 1.165) is 25.1 Å². The van der Waals surface area contributed by atoms with Crippen molar-refractivity contribution in [3.63, 3.8) is 0 Å². The molecule has 0 radical (unpaired) electrons. The minimum Gasteiger partial charge on any atom is -0.767 e. The lowest BCUT2D eigenvalue weighted by atomic mass is 10.3. The lowest BCUT2D eigenvalue weighted by molar-refractivity contribution is 0.532. The first-order chi connectivity index (χ1) is 8.22. The van der Waals surface area contributed by atoms with E-state index in [1.165, 1.54) is 6.20 Å². The van der Waals surface area contributed by atoms with Crippen molar-refractivity contribution >= 4 is 22.4 Å². The molecule has 5 nitrogen and oxygen atoms in total. The number of nitrogens with zero attached hydrogens (tertiary/aromatic N) is 2. The Bertz CT molecular complexity index is 538. The predicted molar refractivity (Wildman–Crippen MR) is 65.8 cm³/mol. The fraction of sp³-hybridized carbons (Fsp3) is 0.364. The maximum Gasteiger partial charge on any atom is 0.137 e. The third kappa shape index (κ3) is 2.65. The molecule has 2 rings (SSSR count). The van der Waals surface area contributed by atoms with Gasteiger partial charge in [0.2, 0.25) is 0 Å². The van der Waals surface area contributed by atoms with E-state index in [2.05, 4.69) is 17.2 Å². The first-order valence-corrected chi connectivity index (χ1v) is 6.60. The molecule has 0 spiro atoms. The third-order valence-electron chi connectivity index (χ3n) is 2.50. The van der Waals surface area contributed by atoms with E-state index in [4.69, 9.17) is 0 Å². The molecule has 0 aliphatic carbocycles. The highest BCUT2D eigenvalue weighted by atomic mass is 32.2. The molecule has 0 saturated carbocycles. The minimum absolute atomic E-state index is 0.180. The summed E-state index contributed by atoms with van der Waals surface area (Å²) in [6.07, 6.45) is 5.32. The van der Waals surface area contributed by atoms with Gasteiger partial charge in [0.25, 0.3) is 0 Å². The molecule has 0 saturated heterocycles. The Hall–Kier alpha value is -1.40. The molecule has 1 N–H and O–H groups in total. The molecule has 17 heavy (non-hydrogen) atoms. The van der Waals surface area contributed by atoms with Crippen LogP contribution in [0.25, 0.3) is 5.65 Å². The van der Waals surface area contributed by atoms with E-state index in [-0.39, 0.29) is 5.03 Å². The van der Waals surface area contributed by atoms with Crippen LogP contribution in [-0.2, 0) is 11.1 Å². The van der Waals surface area contributed by atoms with Crippen LogP contribution in [0.1, 0.15) is 19.8 Å². The van der Waals surface area contributed by atoms with Crippen LogP contribution in [0.15, 0.2) is 29.6 Å². The zero-order chi connectivity index (χ0) is 12.3. The summed E-state index contributed by atoms with van der Waals surface area (Å²) in [5.74, 6) is 0. The SMILES string of the molecule is CCCCNc1ccc2ncc(S(=O)[O-])n2c1. The zero-order valence-corrected chi connectivity index (χ0v) is 10.4. The molecule has 0 aromatic carbocycles. The molecule has 2 aromatic heterocycles. The number of nitrogens with one attached hydrogen (secondary N) is 1. The van der Waals surface area contributed by atoms with Crippen LogP contribution in [-0.4, -0.2) is 24.7 Å². The topological polar surface area (TPSA) is 69.5 Å². The fourth-order valence-corrected chi connectivity index (χ4v) is 2.04. The first kappa shape index (κ1) is 12.1. The van der Waals surface area contributed by atoms with E-state index in [1.807, 2.05) is 6.07 Å². The summed E-state index contributed by atoms with van der Waals surface area (Å²) in [6, 6.07) is 3.69. The maximum atomic E-state index is 11.0. The van der Waals surface area contributed by atoms with Crippen molar-refractivity contribution in [1.29, 1.82) is 0 Å². The van der Waals surface area contributed by atoms with Crippen molar-refractivity contribution in [3.8, 4) is 0 Å². The Morgan fingerprint density at radius 2 is 2.35 bits per heavy atom. The van der Waals surface area contributed by atoms with Crippen LogP contribution >= 0.6 is 0 Å². The summed E-state index contributed by atoms with van der Waals surface area (Å²) in [5.41, 5.74) is 1.53. The number of fused-ring (bicyclic) bond motifs is 1. The Kier molecular flexibility index (Phi) is 3.75.